The highest BCUT2D eigenvalue weighted by Gasteiger charge is 2.25. The Balaban J connectivity index is 1.34. The van der Waals surface area contributed by atoms with E-state index >= 15 is 0 Å². The third-order valence-electron chi connectivity index (χ3n) is 6.27. The molecule has 0 saturated carbocycles. The Morgan fingerprint density at radius 2 is 1.83 bits per heavy atom. The smallest absolute Gasteiger partial charge is 0.256 e. The zero-order valence-corrected chi connectivity index (χ0v) is 20.5. The lowest BCUT2D eigenvalue weighted by Crippen LogP contribution is -2.30. The fourth-order valence-electron chi connectivity index (χ4n) is 4.51. The summed E-state index contributed by atoms with van der Waals surface area (Å²) >= 11 is 6.05. The van der Waals surface area contributed by atoms with E-state index in [-0.39, 0.29) is 18.2 Å². The Bertz CT molecular complexity index is 1470. The molecule has 2 amide bonds. The van der Waals surface area contributed by atoms with Crippen molar-refractivity contribution in [1.82, 2.24) is 4.98 Å². The number of hydrogen-bond donors (Lipinski definition) is 2. The summed E-state index contributed by atoms with van der Waals surface area (Å²) in [5.74, 6) is 0.171. The molecule has 1 aromatic heterocycles. The highest BCUT2D eigenvalue weighted by atomic mass is 35.5. The van der Waals surface area contributed by atoms with Crippen LogP contribution in [0.1, 0.15) is 27.2 Å². The molecule has 0 saturated heterocycles. The molecule has 0 atom stereocenters. The third kappa shape index (κ3) is 4.95. The van der Waals surface area contributed by atoms with Crippen molar-refractivity contribution in [2.24, 2.45) is 0 Å². The van der Waals surface area contributed by atoms with Crippen molar-refractivity contribution in [3.8, 4) is 11.1 Å². The Kier molecular flexibility index (Phi) is 6.44. The number of anilines is 3. The highest BCUT2D eigenvalue weighted by Crippen LogP contribution is 2.32. The number of halogens is 1. The molecule has 3 N–H and O–H groups in total. The number of amides is 2. The number of nitrogen functional groups attached to an aromatic ring is 1. The first-order valence-corrected chi connectivity index (χ1v) is 12.1. The molecule has 36 heavy (non-hydrogen) atoms. The number of benzene rings is 3. The summed E-state index contributed by atoms with van der Waals surface area (Å²) in [6.07, 6.45) is 0.902. The minimum Gasteiger partial charge on any atom is -0.384 e. The van der Waals surface area contributed by atoms with E-state index in [4.69, 9.17) is 17.3 Å². The van der Waals surface area contributed by atoms with Gasteiger partial charge in [-0.2, -0.15) is 0 Å². The van der Waals surface area contributed by atoms with Crippen molar-refractivity contribution in [1.29, 1.82) is 0 Å². The number of nitrogens with zero attached hydrogens (tertiary/aromatic N) is 2. The molecule has 4 aromatic rings. The van der Waals surface area contributed by atoms with E-state index in [9.17, 15) is 9.59 Å². The van der Waals surface area contributed by atoms with Gasteiger partial charge in [0.05, 0.1) is 12.1 Å². The van der Waals surface area contributed by atoms with Crippen LogP contribution in [0.3, 0.4) is 0 Å². The van der Waals surface area contributed by atoms with Crippen LogP contribution in [0.2, 0.25) is 5.02 Å². The molecule has 0 unspecified atom stereocenters. The minimum absolute atomic E-state index is 0.0316. The van der Waals surface area contributed by atoms with E-state index in [0.29, 0.717) is 34.3 Å². The number of carbonyl (C=O) groups excluding carboxylic acids is 2. The number of carbonyl (C=O) groups is 2. The predicted molar refractivity (Wildman–Crippen MR) is 144 cm³/mol. The lowest BCUT2D eigenvalue weighted by Gasteiger charge is -2.18. The van der Waals surface area contributed by atoms with Gasteiger partial charge < -0.3 is 16.0 Å². The van der Waals surface area contributed by atoms with E-state index < -0.39 is 0 Å². The highest BCUT2D eigenvalue weighted by molar-refractivity contribution is 6.30. The molecule has 0 spiro atoms. The van der Waals surface area contributed by atoms with Crippen LogP contribution in [-0.2, 0) is 17.6 Å². The summed E-state index contributed by atoms with van der Waals surface area (Å²) in [7, 11) is 0. The Labute approximate surface area is 214 Å². The Hall–Kier alpha value is -4.16. The van der Waals surface area contributed by atoms with Gasteiger partial charge in [0.25, 0.3) is 5.91 Å². The molecule has 7 heteroatoms. The number of rotatable bonds is 5. The van der Waals surface area contributed by atoms with E-state index in [0.717, 1.165) is 34.4 Å². The summed E-state index contributed by atoms with van der Waals surface area (Å²) in [5.41, 5.74) is 12.4. The average Bonchev–Trinajstić information content (AvgIpc) is 3.28. The van der Waals surface area contributed by atoms with E-state index in [1.54, 1.807) is 23.1 Å². The van der Waals surface area contributed by atoms with Crippen LogP contribution in [0.5, 0.6) is 0 Å². The zero-order valence-electron chi connectivity index (χ0n) is 19.8. The monoisotopic (exact) mass is 496 g/mol. The second-order valence-corrected chi connectivity index (χ2v) is 9.32. The first-order valence-electron chi connectivity index (χ1n) is 11.7. The van der Waals surface area contributed by atoms with Crippen molar-refractivity contribution in [2.75, 3.05) is 22.5 Å². The summed E-state index contributed by atoms with van der Waals surface area (Å²) in [5, 5.41) is 3.67. The molecular formula is C29H25ClN4O2. The van der Waals surface area contributed by atoms with Crippen LogP contribution >= 0.6 is 11.6 Å². The number of nitrogens with one attached hydrogen (secondary N) is 1. The van der Waals surface area contributed by atoms with Gasteiger partial charge in [-0.15, -0.1) is 0 Å². The molecule has 3 aromatic carbocycles. The fourth-order valence-corrected chi connectivity index (χ4v) is 4.63. The van der Waals surface area contributed by atoms with E-state index in [2.05, 4.69) is 10.3 Å². The van der Waals surface area contributed by atoms with Gasteiger partial charge in [-0.25, -0.2) is 4.98 Å². The lowest BCUT2D eigenvalue weighted by molar-refractivity contribution is -0.117. The molecule has 0 radical (unpaired) electrons. The zero-order chi connectivity index (χ0) is 25.2. The maximum atomic E-state index is 13.3. The van der Waals surface area contributed by atoms with Crippen LogP contribution < -0.4 is 16.0 Å². The second kappa shape index (κ2) is 9.84. The van der Waals surface area contributed by atoms with Gasteiger partial charge in [0.2, 0.25) is 5.91 Å². The summed E-state index contributed by atoms with van der Waals surface area (Å²) in [4.78, 5) is 32.2. The van der Waals surface area contributed by atoms with E-state index in [1.807, 2.05) is 67.6 Å². The van der Waals surface area contributed by atoms with Gasteiger partial charge in [-0.05, 0) is 78.6 Å². The van der Waals surface area contributed by atoms with Crippen molar-refractivity contribution in [3.05, 3.63) is 106 Å². The minimum atomic E-state index is -0.196. The maximum absolute atomic E-state index is 13.3. The van der Waals surface area contributed by atoms with Gasteiger partial charge in [-0.1, -0.05) is 47.5 Å². The summed E-state index contributed by atoms with van der Waals surface area (Å²) in [6.45, 7) is 2.59. The normalized spacial score (nSPS) is 12.3. The molecule has 2 heterocycles. The van der Waals surface area contributed by atoms with Gasteiger partial charge in [0.15, 0.2) is 0 Å². The molecule has 0 bridgehead atoms. The standard InChI is InChI=1S/C29H25ClN4O2/c1-18-5-11-24(25(15-18)19-6-8-21(30)9-7-19)29(36)33-23-10-12-26-20(16-23)13-14-34(26)28(35)17-22-3-2-4-27(31)32-22/h2-12,15-16H,13-14,17H2,1H3,(H2,31,32)(H,33,36). The number of hydrogen-bond acceptors (Lipinski definition) is 4. The molecular weight excluding hydrogens is 472 g/mol. The number of aryl methyl sites for hydroxylation is 1. The van der Waals surface area contributed by atoms with Crippen molar-refractivity contribution < 1.29 is 9.59 Å². The Morgan fingerprint density at radius 3 is 2.61 bits per heavy atom. The second-order valence-electron chi connectivity index (χ2n) is 8.88. The van der Waals surface area contributed by atoms with Crippen LogP contribution in [0.15, 0.2) is 78.9 Å². The van der Waals surface area contributed by atoms with Crippen LogP contribution in [0, 0.1) is 6.92 Å². The van der Waals surface area contributed by atoms with Gasteiger partial charge in [0.1, 0.15) is 5.82 Å². The fraction of sp³-hybridized carbons (Fsp3) is 0.138. The van der Waals surface area contributed by atoms with Crippen LogP contribution in [0.25, 0.3) is 11.1 Å². The molecule has 1 aliphatic rings. The molecule has 6 nitrogen and oxygen atoms in total. The number of nitrogens with two attached hydrogens (primary N) is 1. The number of aromatic nitrogens is 1. The van der Waals surface area contributed by atoms with Crippen molar-refractivity contribution in [2.45, 2.75) is 19.8 Å². The topological polar surface area (TPSA) is 88.3 Å². The molecule has 0 fully saturated rings. The van der Waals surface area contributed by atoms with Gasteiger partial charge in [0, 0.05) is 28.5 Å². The summed E-state index contributed by atoms with van der Waals surface area (Å²) < 4.78 is 0. The van der Waals surface area contributed by atoms with Crippen molar-refractivity contribution in [3.63, 3.8) is 0 Å². The molecule has 5 rings (SSSR count). The molecule has 0 aliphatic carbocycles. The molecule has 1 aliphatic heterocycles. The van der Waals surface area contributed by atoms with E-state index in [1.165, 1.54) is 0 Å². The number of fused-ring (bicyclic) bond motifs is 1. The first kappa shape index (κ1) is 23.6. The van der Waals surface area contributed by atoms with Crippen molar-refractivity contribution >= 4 is 40.6 Å². The molecule has 180 valence electrons. The number of pyridine rings is 1. The van der Waals surface area contributed by atoms with Gasteiger partial charge >= 0.3 is 0 Å². The first-order chi connectivity index (χ1) is 17.4. The van der Waals surface area contributed by atoms with Gasteiger partial charge in [-0.3, -0.25) is 9.59 Å². The SMILES string of the molecule is Cc1ccc(C(=O)Nc2ccc3c(c2)CCN3C(=O)Cc2cccc(N)n2)c(-c2ccc(Cl)cc2)c1. The lowest BCUT2D eigenvalue weighted by atomic mass is 9.97. The predicted octanol–water partition coefficient (Wildman–Crippen LogP) is 5.68. The Morgan fingerprint density at radius 1 is 1.03 bits per heavy atom. The summed E-state index contributed by atoms with van der Waals surface area (Å²) in [6, 6.07) is 24.2. The third-order valence-corrected chi connectivity index (χ3v) is 6.52. The maximum Gasteiger partial charge on any atom is 0.256 e. The quantitative estimate of drug-likeness (QED) is 0.372. The largest absolute Gasteiger partial charge is 0.384 e. The van der Waals surface area contributed by atoms with Crippen LogP contribution in [-0.4, -0.2) is 23.3 Å². The average molecular weight is 497 g/mol. The van der Waals surface area contributed by atoms with Crippen LogP contribution in [0.4, 0.5) is 17.2 Å².